The number of amides is 2. The highest BCUT2D eigenvalue weighted by Crippen LogP contribution is 2.37. The van der Waals surface area contributed by atoms with Gasteiger partial charge < -0.3 is 10.6 Å². The zero-order valence-corrected chi connectivity index (χ0v) is 16.6. The Balaban J connectivity index is 1.75. The fourth-order valence-electron chi connectivity index (χ4n) is 3.06. The van der Waals surface area contributed by atoms with Gasteiger partial charge >= 0.3 is 6.18 Å². The van der Waals surface area contributed by atoms with Crippen molar-refractivity contribution in [1.29, 1.82) is 5.26 Å². The molecule has 2 aromatic rings. The zero-order chi connectivity index (χ0) is 22.6. The predicted octanol–water partition coefficient (Wildman–Crippen LogP) is 4.56. The molecule has 5 nitrogen and oxygen atoms in total. The van der Waals surface area contributed by atoms with Crippen molar-refractivity contribution in [3.05, 3.63) is 76.1 Å². The van der Waals surface area contributed by atoms with Crippen LogP contribution in [0.4, 0.5) is 23.2 Å². The maximum Gasteiger partial charge on any atom is 0.416 e. The molecule has 0 fully saturated rings. The van der Waals surface area contributed by atoms with Crippen LogP contribution in [-0.4, -0.2) is 17.6 Å². The minimum atomic E-state index is -4.55. The Morgan fingerprint density at radius 1 is 1.23 bits per heavy atom. The summed E-state index contributed by atoms with van der Waals surface area (Å²) < 4.78 is 52.6. The Labute approximate surface area is 179 Å². The number of rotatable bonds is 5. The molecule has 2 aromatic carbocycles. The topological polar surface area (TPSA) is 82.0 Å². The number of carbonyl (C=O) groups excluding carboxylic acids is 2. The summed E-state index contributed by atoms with van der Waals surface area (Å²) in [7, 11) is 0. The first kappa shape index (κ1) is 22.4. The Morgan fingerprint density at radius 2 is 1.97 bits per heavy atom. The van der Waals surface area contributed by atoms with Gasteiger partial charge in [0, 0.05) is 18.0 Å². The molecule has 1 heterocycles. The van der Waals surface area contributed by atoms with Crippen molar-refractivity contribution >= 4 is 29.3 Å². The van der Waals surface area contributed by atoms with Gasteiger partial charge in [0.05, 0.1) is 28.0 Å². The van der Waals surface area contributed by atoms with Gasteiger partial charge in [-0.25, -0.2) is 4.39 Å². The maximum absolute atomic E-state index is 14.2. The summed E-state index contributed by atoms with van der Waals surface area (Å²) in [6.45, 7) is 0. The van der Waals surface area contributed by atoms with Crippen molar-refractivity contribution < 1.29 is 27.2 Å². The van der Waals surface area contributed by atoms with Gasteiger partial charge in [0.1, 0.15) is 5.82 Å². The zero-order valence-electron chi connectivity index (χ0n) is 15.8. The number of hydrogen-bond acceptors (Lipinski definition) is 4. The van der Waals surface area contributed by atoms with Crippen LogP contribution >= 0.6 is 11.8 Å². The molecule has 0 unspecified atom stereocenters. The fourth-order valence-corrected chi connectivity index (χ4v) is 3.94. The van der Waals surface area contributed by atoms with E-state index in [1.807, 2.05) is 6.07 Å². The summed E-state index contributed by atoms with van der Waals surface area (Å²) >= 11 is 0.844. The Bertz CT molecular complexity index is 1090. The molecule has 0 bridgehead atoms. The van der Waals surface area contributed by atoms with Gasteiger partial charge in [-0.2, -0.15) is 18.4 Å². The van der Waals surface area contributed by atoms with Gasteiger partial charge in [0.15, 0.2) is 0 Å². The third-order valence-electron chi connectivity index (χ3n) is 4.46. The average Bonchev–Trinajstić information content (AvgIpc) is 2.72. The lowest BCUT2D eigenvalue weighted by atomic mass is 9.87. The first-order chi connectivity index (χ1) is 14.7. The number of benzene rings is 2. The summed E-state index contributed by atoms with van der Waals surface area (Å²) in [5.74, 6) is -2.69. The fraction of sp³-hybridized carbons (Fsp3) is 0.190. The molecule has 2 amide bonds. The highest BCUT2D eigenvalue weighted by atomic mass is 32.2. The van der Waals surface area contributed by atoms with Crippen LogP contribution in [0.5, 0.6) is 0 Å². The Hall–Kier alpha value is -3.32. The van der Waals surface area contributed by atoms with E-state index in [-0.39, 0.29) is 34.0 Å². The number of nitrogens with zero attached hydrogens (tertiary/aromatic N) is 1. The standard InChI is InChI=1S/C21H15F4N3O2S/c22-17-7-2-1-6-14(17)15-9-18(29)28-20(16(15)10-26)31-11-19(30)27-13-5-3-4-12(8-13)21(23,24)25/h1-8,15H,9,11H2,(H,27,30)(H,28,29)/t15-/m0/s1. The quantitative estimate of drug-likeness (QED) is 0.656. The lowest BCUT2D eigenvalue weighted by Crippen LogP contribution is -2.31. The van der Waals surface area contributed by atoms with Gasteiger partial charge in [-0.05, 0) is 29.8 Å². The van der Waals surface area contributed by atoms with Crippen molar-refractivity contribution in [2.45, 2.75) is 18.5 Å². The molecule has 1 aliphatic rings. The maximum atomic E-state index is 14.2. The van der Waals surface area contributed by atoms with E-state index in [1.54, 1.807) is 6.07 Å². The highest BCUT2D eigenvalue weighted by Gasteiger charge is 2.32. The molecule has 2 N–H and O–H groups in total. The first-order valence-corrected chi connectivity index (χ1v) is 9.96. The van der Waals surface area contributed by atoms with E-state index in [2.05, 4.69) is 10.6 Å². The van der Waals surface area contributed by atoms with Crippen LogP contribution in [0.25, 0.3) is 0 Å². The number of halogens is 4. The summed E-state index contributed by atoms with van der Waals surface area (Å²) in [5.41, 5.74) is -0.631. The van der Waals surface area contributed by atoms with Gasteiger partial charge in [-0.15, -0.1) is 0 Å². The van der Waals surface area contributed by atoms with Crippen molar-refractivity contribution in [2.75, 3.05) is 11.1 Å². The number of anilines is 1. The monoisotopic (exact) mass is 449 g/mol. The lowest BCUT2D eigenvalue weighted by molar-refractivity contribution is -0.137. The van der Waals surface area contributed by atoms with Crippen molar-refractivity contribution in [2.24, 2.45) is 0 Å². The molecule has 0 saturated heterocycles. The molecule has 0 aliphatic carbocycles. The number of allylic oxidation sites excluding steroid dienone is 1. The highest BCUT2D eigenvalue weighted by molar-refractivity contribution is 8.03. The van der Waals surface area contributed by atoms with Crippen LogP contribution in [0.2, 0.25) is 0 Å². The first-order valence-electron chi connectivity index (χ1n) is 8.97. The number of alkyl halides is 3. The van der Waals surface area contributed by atoms with Gasteiger partial charge in [-0.3, -0.25) is 9.59 Å². The van der Waals surface area contributed by atoms with Crippen LogP contribution in [0, 0.1) is 17.1 Å². The number of hydrogen-bond donors (Lipinski definition) is 2. The van der Waals surface area contributed by atoms with Crippen LogP contribution in [0.1, 0.15) is 23.5 Å². The SMILES string of the molecule is N#CC1=C(SCC(=O)Nc2cccc(C(F)(F)F)c2)NC(=O)C[C@H]1c1ccccc1F. The minimum Gasteiger partial charge on any atom is -0.325 e. The van der Waals surface area contributed by atoms with Gasteiger partial charge in [-0.1, -0.05) is 36.0 Å². The molecular formula is C21H15F4N3O2S. The number of nitrogens with one attached hydrogen (secondary N) is 2. The Kier molecular flexibility index (Phi) is 6.65. The molecule has 0 aromatic heterocycles. The molecular weight excluding hydrogens is 434 g/mol. The van der Waals surface area contributed by atoms with E-state index in [0.717, 1.165) is 23.9 Å². The smallest absolute Gasteiger partial charge is 0.325 e. The van der Waals surface area contributed by atoms with Crippen molar-refractivity contribution in [1.82, 2.24) is 5.32 Å². The number of thioether (sulfide) groups is 1. The predicted molar refractivity (Wildman–Crippen MR) is 107 cm³/mol. The molecule has 160 valence electrons. The third kappa shape index (κ3) is 5.44. The molecule has 1 atom stereocenters. The summed E-state index contributed by atoms with van der Waals surface area (Å²) in [6, 6.07) is 11.9. The number of nitriles is 1. The Morgan fingerprint density at radius 3 is 2.65 bits per heavy atom. The second-order valence-electron chi connectivity index (χ2n) is 6.60. The second-order valence-corrected chi connectivity index (χ2v) is 7.58. The van der Waals surface area contributed by atoms with E-state index in [1.165, 1.54) is 30.3 Å². The third-order valence-corrected chi connectivity index (χ3v) is 5.48. The molecule has 0 radical (unpaired) electrons. The van der Waals surface area contributed by atoms with Gasteiger partial charge in [0.2, 0.25) is 11.8 Å². The summed E-state index contributed by atoms with van der Waals surface area (Å²) in [4.78, 5) is 24.3. The molecule has 0 spiro atoms. The van der Waals surface area contributed by atoms with E-state index < -0.39 is 35.3 Å². The summed E-state index contributed by atoms with van der Waals surface area (Å²) in [5, 5.41) is 14.6. The summed E-state index contributed by atoms with van der Waals surface area (Å²) in [6.07, 6.45) is -4.67. The van der Waals surface area contributed by atoms with Crippen LogP contribution in [-0.2, 0) is 15.8 Å². The van der Waals surface area contributed by atoms with Crippen LogP contribution in [0.3, 0.4) is 0 Å². The normalized spacial score (nSPS) is 16.5. The second kappa shape index (κ2) is 9.22. The van der Waals surface area contributed by atoms with E-state index >= 15 is 0 Å². The van der Waals surface area contributed by atoms with E-state index in [9.17, 15) is 32.4 Å². The van der Waals surface area contributed by atoms with Crippen LogP contribution < -0.4 is 10.6 Å². The van der Waals surface area contributed by atoms with E-state index in [4.69, 9.17) is 0 Å². The van der Waals surface area contributed by atoms with Gasteiger partial charge in [0.25, 0.3) is 0 Å². The lowest BCUT2D eigenvalue weighted by Gasteiger charge is -2.25. The molecule has 31 heavy (non-hydrogen) atoms. The minimum absolute atomic E-state index is 0.0353. The molecule has 3 rings (SSSR count). The molecule has 0 saturated carbocycles. The average molecular weight is 449 g/mol. The number of carbonyl (C=O) groups is 2. The van der Waals surface area contributed by atoms with Crippen LogP contribution in [0.15, 0.2) is 59.1 Å². The van der Waals surface area contributed by atoms with Crippen molar-refractivity contribution in [3.63, 3.8) is 0 Å². The van der Waals surface area contributed by atoms with E-state index in [0.29, 0.717) is 0 Å². The largest absolute Gasteiger partial charge is 0.416 e. The van der Waals surface area contributed by atoms with Crippen molar-refractivity contribution in [3.8, 4) is 6.07 Å². The molecule has 10 heteroatoms. The molecule has 1 aliphatic heterocycles.